The fourth-order valence-corrected chi connectivity index (χ4v) is 3.28. The number of carboxylic acid groups (broad SMARTS) is 1. The van der Waals surface area contributed by atoms with Gasteiger partial charge in [0.2, 0.25) is 0 Å². The van der Waals surface area contributed by atoms with Gasteiger partial charge in [0, 0.05) is 6.54 Å². The van der Waals surface area contributed by atoms with Crippen LogP contribution in [0.1, 0.15) is 35.8 Å². The second-order valence-corrected chi connectivity index (χ2v) is 6.00. The first kappa shape index (κ1) is 14.9. The van der Waals surface area contributed by atoms with Crippen LogP contribution < -0.4 is 0 Å². The van der Waals surface area contributed by atoms with Crippen LogP contribution in [0.25, 0.3) is 0 Å². The zero-order valence-electron chi connectivity index (χ0n) is 12.7. The fourth-order valence-electron chi connectivity index (χ4n) is 3.28. The summed E-state index contributed by atoms with van der Waals surface area (Å²) in [5, 5.41) is 9.33. The van der Waals surface area contributed by atoms with Crippen molar-refractivity contribution in [3.8, 4) is 0 Å². The van der Waals surface area contributed by atoms with E-state index in [-0.39, 0.29) is 12.0 Å². The van der Waals surface area contributed by atoms with Gasteiger partial charge in [0.05, 0.1) is 18.2 Å². The first-order chi connectivity index (χ1) is 10.6. The number of hydrogen-bond acceptors (Lipinski definition) is 3. The number of nitrogens with zero attached hydrogens (tertiary/aromatic N) is 1. The third-order valence-electron chi connectivity index (χ3n) is 4.34. The van der Waals surface area contributed by atoms with E-state index in [4.69, 9.17) is 4.42 Å². The number of carbonyl (C=O) groups is 1. The lowest BCUT2D eigenvalue weighted by molar-refractivity contribution is -0.143. The van der Waals surface area contributed by atoms with E-state index >= 15 is 0 Å². The first-order valence-corrected chi connectivity index (χ1v) is 7.72. The van der Waals surface area contributed by atoms with Crippen LogP contribution in [-0.4, -0.2) is 29.1 Å². The van der Waals surface area contributed by atoms with Crippen LogP contribution in [0.5, 0.6) is 0 Å². The van der Waals surface area contributed by atoms with Crippen molar-refractivity contribution in [3.63, 3.8) is 0 Å². The third kappa shape index (κ3) is 3.07. The molecule has 0 amide bonds. The van der Waals surface area contributed by atoms with Crippen LogP contribution in [0.4, 0.5) is 0 Å². The fraction of sp³-hybridized carbons (Fsp3) is 0.389. The highest BCUT2D eigenvalue weighted by Crippen LogP contribution is 2.33. The second-order valence-electron chi connectivity index (χ2n) is 6.00. The van der Waals surface area contributed by atoms with Gasteiger partial charge in [0.15, 0.2) is 0 Å². The van der Waals surface area contributed by atoms with Crippen LogP contribution in [0, 0.1) is 12.8 Å². The Morgan fingerprint density at radius 2 is 2.23 bits per heavy atom. The molecule has 1 aromatic carbocycles. The van der Waals surface area contributed by atoms with Crippen molar-refractivity contribution in [2.24, 2.45) is 5.92 Å². The van der Waals surface area contributed by atoms with E-state index in [9.17, 15) is 9.90 Å². The van der Waals surface area contributed by atoms with E-state index in [1.165, 1.54) is 5.56 Å². The van der Waals surface area contributed by atoms with Crippen molar-refractivity contribution >= 4 is 5.97 Å². The summed E-state index contributed by atoms with van der Waals surface area (Å²) >= 11 is 0. The van der Waals surface area contributed by atoms with Gasteiger partial charge >= 0.3 is 5.97 Å². The van der Waals surface area contributed by atoms with Crippen LogP contribution in [0.3, 0.4) is 0 Å². The van der Waals surface area contributed by atoms with Gasteiger partial charge in [-0.1, -0.05) is 29.8 Å². The van der Waals surface area contributed by atoms with Crippen LogP contribution in [-0.2, 0) is 4.79 Å². The molecular formula is C18H21NO3. The average Bonchev–Trinajstić information content (AvgIpc) is 3.02. The maximum atomic E-state index is 11.3. The predicted octanol–water partition coefficient (Wildman–Crippen LogP) is 3.47. The molecule has 1 aliphatic rings. The molecular weight excluding hydrogens is 278 g/mol. The molecule has 0 spiro atoms. The van der Waals surface area contributed by atoms with Crippen molar-refractivity contribution in [2.75, 3.05) is 13.1 Å². The maximum Gasteiger partial charge on any atom is 0.307 e. The number of piperidine rings is 1. The van der Waals surface area contributed by atoms with Crippen LogP contribution >= 0.6 is 0 Å². The topological polar surface area (TPSA) is 53.7 Å². The molecule has 2 heterocycles. The van der Waals surface area contributed by atoms with E-state index in [1.54, 1.807) is 6.26 Å². The lowest BCUT2D eigenvalue weighted by atomic mass is 9.93. The smallest absolute Gasteiger partial charge is 0.307 e. The van der Waals surface area contributed by atoms with Gasteiger partial charge in [-0.2, -0.15) is 0 Å². The monoisotopic (exact) mass is 299 g/mol. The standard InChI is InChI=1S/C18H21NO3/c1-13-5-2-6-14(11-13)17(16-8-4-10-22-16)19-9-3-7-15(12-19)18(20)21/h2,4-6,8,10-11,15,17H,3,7,9,12H2,1H3,(H,20,21). The number of hydrogen-bond donors (Lipinski definition) is 1. The Labute approximate surface area is 130 Å². The number of carboxylic acids is 1. The molecule has 0 bridgehead atoms. The van der Waals surface area contributed by atoms with Gasteiger partial charge in [-0.3, -0.25) is 9.69 Å². The highest BCUT2D eigenvalue weighted by atomic mass is 16.4. The molecule has 1 aromatic heterocycles. The van der Waals surface area contributed by atoms with E-state index in [0.29, 0.717) is 6.54 Å². The summed E-state index contributed by atoms with van der Waals surface area (Å²) in [4.78, 5) is 13.6. The minimum Gasteiger partial charge on any atom is -0.481 e. The minimum atomic E-state index is -0.702. The summed E-state index contributed by atoms with van der Waals surface area (Å²) in [5.74, 6) is -0.125. The summed E-state index contributed by atoms with van der Waals surface area (Å²) in [5.41, 5.74) is 2.35. The average molecular weight is 299 g/mol. The first-order valence-electron chi connectivity index (χ1n) is 7.72. The molecule has 2 aromatic rings. The van der Waals surface area contributed by atoms with Crippen molar-refractivity contribution in [1.29, 1.82) is 0 Å². The molecule has 2 unspecified atom stereocenters. The van der Waals surface area contributed by atoms with E-state index < -0.39 is 5.97 Å². The Kier molecular flexibility index (Phi) is 4.29. The Hall–Kier alpha value is -2.07. The Morgan fingerprint density at radius 3 is 2.91 bits per heavy atom. The number of aliphatic carboxylic acids is 1. The second kappa shape index (κ2) is 6.36. The molecule has 0 saturated carbocycles. The summed E-state index contributed by atoms with van der Waals surface area (Å²) < 4.78 is 5.65. The van der Waals surface area contributed by atoms with E-state index in [1.807, 2.05) is 18.2 Å². The van der Waals surface area contributed by atoms with Crippen LogP contribution in [0.15, 0.2) is 47.1 Å². The van der Waals surface area contributed by atoms with Gasteiger partial charge in [-0.25, -0.2) is 0 Å². The molecule has 4 heteroatoms. The number of likely N-dealkylation sites (tertiary alicyclic amines) is 1. The molecule has 1 N–H and O–H groups in total. The number of benzene rings is 1. The molecule has 1 aliphatic heterocycles. The normalized spacial score (nSPS) is 20.7. The summed E-state index contributed by atoms with van der Waals surface area (Å²) in [6.45, 7) is 3.52. The van der Waals surface area contributed by atoms with Gasteiger partial charge in [-0.15, -0.1) is 0 Å². The molecule has 22 heavy (non-hydrogen) atoms. The van der Waals surface area contributed by atoms with Crippen LogP contribution in [0.2, 0.25) is 0 Å². The lowest BCUT2D eigenvalue weighted by Gasteiger charge is -2.36. The Bertz CT molecular complexity index is 636. The minimum absolute atomic E-state index is 0.0166. The van der Waals surface area contributed by atoms with E-state index in [0.717, 1.165) is 30.7 Å². The van der Waals surface area contributed by atoms with Gasteiger partial charge in [0.1, 0.15) is 5.76 Å². The molecule has 1 fully saturated rings. The summed E-state index contributed by atoms with van der Waals surface area (Å²) in [6, 6.07) is 12.2. The van der Waals surface area contributed by atoms with Crippen molar-refractivity contribution in [3.05, 3.63) is 59.5 Å². The molecule has 2 atom stereocenters. The van der Waals surface area contributed by atoms with Gasteiger partial charge in [-0.05, 0) is 44.0 Å². The molecule has 116 valence electrons. The highest BCUT2D eigenvalue weighted by molar-refractivity contribution is 5.70. The Morgan fingerprint density at radius 1 is 1.36 bits per heavy atom. The summed E-state index contributed by atoms with van der Waals surface area (Å²) in [7, 11) is 0. The molecule has 0 aliphatic carbocycles. The predicted molar refractivity (Wildman–Crippen MR) is 83.7 cm³/mol. The number of furan rings is 1. The largest absolute Gasteiger partial charge is 0.481 e. The Balaban J connectivity index is 1.94. The molecule has 0 radical (unpaired) electrons. The third-order valence-corrected chi connectivity index (χ3v) is 4.34. The van der Waals surface area contributed by atoms with Gasteiger partial charge < -0.3 is 9.52 Å². The molecule has 1 saturated heterocycles. The lowest BCUT2D eigenvalue weighted by Crippen LogP contribution is -2.41. The van der Waals surface area contributed by atoms with Crippen molar-refractivity contribution in [2.45, 2.75) is 25.8 Å². The number of aryl methyl sites for hydroxylation is 1. The molecule has 3 rings (SSSR count). The maximum absolute atomic E-state index is 11.3. The quantitative estimate of drug-likeness (QED) is 0.939. The zero-order valence-corrected chi connectivity index (χ0v) is 12.7. The SMILES string of the molecule is Cc1cccc(C(c2ccco2)N2CCCC(C(=O)O)C2)c1. The van der Waals surface area contributed by atoms with Crippen molar-refractivity contribution < 1.29 is 14.3 Å². The highest BCUT2D eigenvalue weighted by Gasteiger charge is 2.32. The van der Waals surface area contributed by atoms with Gasteiger partial charge in [0.25, 0.3) is 0 Å². The van der Waals surface area contributed by atoms with Crippen molar-refractivity contribution in [1.82, 2.24) is 4.90 Å². The molecule has 4 nitrogen and oxygen atoms in total. The summed E-state index contributed by atoms with van der Waals surface area (Å²) in [6.07, 6.45) is 3.33. The zero-order chi connectivity index (χ0) is 15.5. The number of rotatable bonds is 4. The van der Waals surface area contributed by atoms with E-state index in [2.05, 4.69) is 30.0 Å².